The molecule has 0 heterocycles. The number of aliphatic hydroxyl groups is 1. The van der Waals surface area contributed by atoms with E-state index >= 15 is 0 Å². The summed E-state index contributed by atoms with van der Waals surface area (Å²) in [7, 11) is 0. The SMILES string of the molecule is Cl.N[C@H](c1cc(I)cc(I)c1O)[C@@H](O)C1CC1. The summed E-state index contributed by atoms with van der Waals surface area (Å²) in [6.07, 6.45) is 1.53. The molecule has 1 aliphatic carbocycles. The molecule has 0 radical (unpaired) electrons. The Hall–Kier alpha value is 0.690. The van der Waals surface area contributed by atoms with Gasteiger partial charge in [0.25, 0.3) is 0 Å². The van der Waals surface area contributed by atoms with Gasteiger partial charge in [0.05, 0.1) is 15.7 Å². The fraction of sp³-hybridized carbons (Fsp3) is 0.455. The van der Waals surface area contributed by atoms with Gasteiger partial charge < -0.3 is 15.9 Å². The molecule has 0 amide bonds. The highest BCUT2D eigenvalue weighted by molar-refractivity contribution is 14.1. The van der Waals surface area contributed by atoms with Crippen LogP contribution in [0, 0.1) is 13.1 Å². The van der Waals surface area contributed by atoms with E-state index in [0.717, 1.165) is 20.0 Å². The van der Waals surface area contributed by atoms with Gasteiger partial charge in [-0.3, -0.25) is 0 Å². The van der Waals surface area contributed by atoms with Gasteiger partial charge in [0.1, 0.15) is 5.75 Å². The quantitative estimate of drug-likeness (QED) is 0.582. The first kappa shape index (κ1) is 15.7. The zero-order valence-corrected chi connectivity index (χ0v) is 14.1. The molecule has 17 heavy (non-hydrogen) atoms. The number of halogens is 3. The molecule has 0 aromatic heterocycles. The first-order chi connectivity index (χ1) is 7.50. The minimum Gasteiger partial charge on any atom is -0.506 e. The lowest BCUT2D eigenvalue weighted by molar-refractivity contribution is 0.121. The summed E-state index contributed by atoms with van der Waals surface area (Å²) in [5.74, 6) is 0.512. The molecule has 0 unspecified atom stereocenters. The molecule has 2 atom stereocenters. The van der Waals surface area contributed by atoms with Gasteiger partial charge in [-0.15, -0.1) is 12.4 Å². The molecule has 0 saturated heterocycles. The molecule has 6 heteroatoms. The molecule has 0 aliphatic heterocycles. The Bertz CT molecular complexity index is 413. The van der Waals surface area contributed by atoms with Crippen LogP contribution in [-0.4, -0.2) is 16.3 Å². The summed E-state index contributed by atoms with van der Waals surface area (Å²) < 4.78 is 1.80. The Morgan fingerprint density at radius 2 is 1.88 bits per heavy atom. The van der Waals surface area contributed by atoms with Crippen molar-refractivity contribution in [3.05, 3.63) is 24.8 Å². The molecule has 0 spiro atoms. The minimum absolute atomic E-state index is 0. The topological polar surface area (TPSA) is 66.5 Å². The van der Waals surface area contributed by atoms with Crippen LogP contribution in [-0.2, 0) is 0 Å². The highest BCUT2D eigenvalue weighted by atomic mass is 127. The van der Waals surface area contributed by atoms with Gasteiger partial charge in [-0.2, -0.15) is 0 Å². The Balaban J connectivity index is 0.00000144. The van der Waals surface area contributed by atoms with Crippen molar-refractivity contribution in [1.29, 1.82) is 0 Å². The minimum atomic E-state index is -0.542. The van der Waals surface area contributed by atoms with Crippen molar-refractivity contribution in [3.63, 3.8) is 0 Å². The standard InChI is InChI=1S/C11H13I2NO2.ClH/c12-6-3-7(11(16)8(13)4-6)9(14)10(15)5-1-2-5;/h3-5,9-10,15-16H,1-2,14H2;1H/t9-,10+;/m1./s1. The lowest BCUT2D eigenvalue weighted by atomic mass is 9.98. The average Bonchev–Trinajstić information content (AvgIpc) is 3.05. The lowest BCUT2D eigenvalue weighted by Crippen LogP contribution is -2.28. The third-order valence-electron chi connectivity index (χ3n) is 2.89. The van der Waals surface area contributed by atoms with E-state index in [4.69, 9.17) is 5.73 Å². The van der Waals surface area contributed by atoms with Crippen molar-refractivity contribution in [1.82, 2.24) is 0 Å². The van der Waals surface area contributed by atoms with Crippen LogP contribution in [0.1, 0.15) is 24.4 Å². The zero-order chi connectivity index (χ0) is 11.9. The smallest absolute Gasteiger partial charge is 0.133 e. The second kappa shape index (κ2) is 6.23. The van der Waals surface area contributed by atoms with Crippen molar-refractivity contribution in [2.24, 2.45) is 11.7 Å². The van der Waals surface area contributed by atoms with E-state index < -0.39 is 12.1 Å². The predicted octanol–water partition coefficient (Wildman–Crippen LogP) is 2.79. The van der Waals surface area contributed by atoms with Gasteiger partial charge in [-0.05, 0) is 76.1 Å². The number of nitrogens with two attached hydrogens (primary N) is 1. The van der Waals surface area contributed by atoms with Crippen LogP contribution in [0.15, 0.2) is 12.1 Å². The van der Waals surface area contributed by atoms with E-state index in [1.54, 1.807) is 0 Å². The fourth-order valence-corrected chi connectivity index (χ4v) is 3.64. The lowest BCUT2D eigenvalue weighted by Gasteiger charge is -2.20. The summed E-state index contributed by atoms with van der Waals surface area (Å²) >= 11 is 4.26. The summed E-state index contributed by atoms with van der Waals surface area (Å²) in [4.78, 5) is 0. The zero-order valence-electron chi connectivity index (χ0n) is 8.94. The van der Waals surface area contributed by atoms with Gasteiger partial charge in [-0.1, -0.05) is 0 Å². The van der Waals surface area contributed by atoms with Gasteiger partial charge in [0.2, 0.25) is 0 Å². The van der Waals surface area contributed by atoms with Gasteiger partial charge in [0.15, 0.2) is 0 Å². The molecule has 2 rings (SSSR count). The molecule has 4 N–H and O–H groups in total. The van der Waals surface area contributed by atoms with E-state index in [0.29, 0.717) is 11.5 Å². The van der Waals surface area contributed by atoms with Crippen LogP contribution in [0.3, 0.4) is 0 Å². The number of hydrogen-bond donors (Lipinski definition) is 3. The Morgan fingerprint density at radius 1 is 1.29 bits per heavy atom. The summed E-state index contributed by atoms with van der Waals surface area (Å²) in [5.41, 5.74) is 6.65. The maximum Gasteiger partial charge on any atom is 0.133 e. The number of phenolic OH excluding ortho intramolecular Hbond substituents is 1. The van der Waals surface area contributed by atoms with Crippen molar-refractivity contribution in [3.8, 4) is 5.75 Å². The van der Waals surface area contributed by atoms with Crippen LogP contribution in [0.4, 0.5) is 0 Å². The highest BCUT2D eigenvalue weighted by Gasteiger charge is 2.35. The van der Waals surface area contributed by atoms with E-state index in [1.165, 1.54) is 0 Å². The van der Waals surface area contributed by atoms with Crippen molar-refractivity contribution < 1.29 is 10.2 Å². The highest BCUT2D eigenvalue weighted by Crippen LogP contribution is 2.40. The van der Waals surface area contributed by atoms with Gasteiger partial charge in [-0.25, -0.2) is 0 Å². The maximum atomic E-state index is 9.98. The number of hydrogen-bond acceptors (Lipinski definition) is 3. The molecule has 3 nitrogen and oxygen atoms in total. The third kappa shape index (κ3) is 3.59. The summed E-state index contributed by atoms with van der Waals surface area (Å²) in [5, 5.41) is 19.9. The number of aromatic hydroxyl groups is 1. The first-order valence-electron chi connectivity index (χ1n) is 5.12. The van der Waals surface area contributed by atoms with Crippen LogP contribution in [0.25, 0.3) is 0 Å². The van der Waals surface area contributed by atoms with E-state index in [1.807, 2.05) is 12.1 Å². The van der Waals surface area contributed by atoms with E-state index in [-0.39, 0.29) is 18.2 Å². The average molecular weight is 481 g/mol. The molecule has 1 aliphatic rings. The molecular formula is C11H14ClI2NO2. The van der Waals surface area contributed by atoms with Crippen LogP contribution >= 0.6 is 57.6 Å². The Morgan fingerprint density at radius 3 is 2.41 bits per heavy atom. The Kier molecular flexibility index (Phi) is 5.77. The van der Waals surface area contributed by atoms with Gasteiger partial charge in [0, 0.05) is 9.13 Å². The molecule has 1 fully saturated rings. The number of phenols is 1. The van der Waals surface area contributed by atoms with E-state index in [2.05, 4.69) is 45.2 Å². The largest absolute Gasteiger partial charge is 0.506 e. The fourth-order valence-electron chi connectivity index (χ4n) is 1.75. The first-order valence-corrected chi connectivity index (χ1v) is 7.28. The molecule has 96 valence electrons. The predicted molar refractivity (Wildman–Crippen MR) is 86.4 cm³/mol. The second-order valence-electron chi connectivity index (χ2n) is 4.18. The van der Waals surface area contributed by atoms with Crippen LogP contribution < -0.4 is 5.73 Å². The third-order valence-corrected chi connectivity index (χ3v) is 4.33. The summed E-state index contributed by atoms with van der Waals surface area (Å²) in [6, 6.07) is 3.24. The molecule has 1 aromatic rings. The van der Waals surface area contributed by atoms with E-state index in [9.17, 15) is 10.2 Å². The normalized spacial score (nSPS) is 18.4. The van der Waals surface area contributed by atoms with Crippen molar-refractivity contribution in [2.75, 3.05) is 0 Å². The van der Waals surface area contributed by atoms with Crippen molar-refractivity contribution in [2.45, 2.75) is 25.0 Å². The number of aliphatic hydroxyl groups excluding tert-OH is 1. The van der Waals surface area contributed by atoms with Crippen LogP contribution in [0.5, 0.6) is 5.75 Å². The van der Waals surface area contributed by atoms with Gasteiger partial charge >= 0.3 is 0 Å². The number of rotatable bonds is 3. The van der Waals surface area contributed by atoms with Crippen molar-refractivity contribution >= 4 is 57.6 Å². The molecule has 1 saturated carbocycles. The second-order valence-corrected chi connectivity index (χ2v) is 6.59. The molecular weight excluding hydrogens is 467 g/mol. The van der Waals surface area contributed by atoms with Crippen LogP contribution in [0.2, 0.25) is 0 Å². The monoisotopic (exact) mass is 481 g/mol. The summed E-state index contributed by atoms with van der Waals surface area (Å²) in [6.45, 7) is 0. The maximum absolute atomic E-state index is 9.98. The molecule has 0 bridgehead atoms. The Labute approximate surface area is 134 Å². The number of benzene rings is 1. The molecule has 1 aromatic carbocycles.